The summed E-state index contributed by atoms with van der Waals surface area (Å²) in [6, 6.07) is 4.84. The summed E-state index contributed by atoms with van der Waals surface area (Å²) in [6.45, 7) is 5.28. The fourth-order valence-electron chi connectivity index (χ4n) is 2.24. The molecule has 0 bridgehead atoms. The molecule has 2 aromatic rings. The second-order valence-electron chi connectivity index (χ2n) is 5.70. The minimum absolute atomic E-state index is 0.0238. The molecule has 6 heteroatoms. The lowest BCUT2D eigenvalue weighted by atomic mass is 10.1. The molecule has 1 aliphatic rings. The molecule has 1 aliphatic carbocycles. The van der Waals surface area contributed by atoms with Crippen LogP contribution < -0.4 is 5.32 Å². The van der Waals surface area contributed by atoms with E-state index >= 15 is 0 Å². The molecule has 0 saturated heterocycles. The number of oxazole rings is 1. The summed E-state index contributed by atoms with van der Waals surface area (Å²) in [5.74, 6) is 0.636. The van der Waals surface area contributed by atoms with Crippen molar-refractivity contribution >= 4 is 22.8 Å². The molecule has 1 heterocycles. The maximum absolute atomic E-state index is 10.7. The van der Waals surface area contributed by atoms with Crippen molar-refractivity contribution < 1.29 is 9.34 Å². The quantitative estimate of drug-likeness (QED) is 0.675. The topological polar surface area (TPSA) is 81.2 Å². The van der Waals surface area contributed by atoms with Crippen LogP contribution in [0, 0.1) is 21.4 Å². The molecule has 1 N–H and O–H groups in total. The molecule has 1 atom stereocenters. The van der Waals surface area contributed by atoms with Gasteiger partial charge in [-0.05, 0) is 23.8 Å². The molecular formula is C13H15N3O3. The van der Waals surface area contributed by atoms with E-state index in [-0.39, 0.29) is 5.69 Å². The number of fused-ring (bicyclic) bond motifs is 1. The number of benzene rings is 1. The van der Waals surface area contributed by atoms with Crippen LogP contribution in [0.3, 0.4) is 0 Å². The molecule has 0 radical (unpaired) electrons. The molecule has 0 amide bonds. The van der Waals surface area contributed by atoms with Crippen LogP contribution in [0.2, 0.25) is 0 Å². The molecule has 1 aromatic heterocycles. The van der Waals surface area contributed by atoms with Crippen LogP contribution in [0.1, 0.15) is 20.3 Å². The number of rotatable bonds is 4. The first-order valence-electron chi connectivity index (χ1n) is 6.24. The monoisotopic (exact) mass is 261 g/mol. The van der Waals surface area contributed by atoms with Crippen molar-refractivity contribution in [2.45, 2.75) is 20.3 Å². The molecule has 0 spiro atoms. The summed E-state index contributed by atoms with van der Waals surface area (Å²) in [7, 11) is 0. The molecule has 3 rings (SSSR count). The third kappa shape index (κ3) is 2.25. The predicted molar refractivity (Wildman–Crippen MR) is 71.0 cm³/mol. The Hall–Kier alpha value is -2.11. The van der Waals surface area contributed by atoms with Crippen molar-refractivity contribution in [3.8, 4) is 0 Å². The minimum atomic E-state index is -0.437. The zero-order chi connectivity index (χ0) is 13.6. The van der Waals surface area contributed by atoms with Gasteiger partial charge in [-0.1, -0.05) is 13.8 Å². The number of nitrogens with zero attached hydrogens (tertiary/aromatic N) is 2. The molecule has 6 nitrogen and oxygen atoms in total. The lowest BCUT2D eigenvalue weighted by Crippen LogP contribution is -2.07. The highest BCUT2D eigenvalue weighted by Crippen LogP contribution is 2.51. The van der Waals surface area contributed by atoms with Crippen molar-refractivity contribution in [1.82, 2.24) is 4.98 Å². The van der Waals surface area contributed by atoms with Crippen molar-refractivity contribution in [2.75, 3.05) is 11.9 Å². The van der Waals surface area contributed by atoms with Crippen LogP contribution >= 0.6 is 0 Å². The van der Waals surface area contributed by atoms with Gasteiger partial charge in [-0.25, -0.2) is 0 Å². The zero-order valence-corrected chi connectivity index (χ0v) is 10.8. The van der Waals surface area contributed by atoms with Crippen molar-refractivity contribution in [1.29, 1.82) is 0 Å². The molecule has 100 valence electrons. The van der Waals surface area contributed by atoms with Gasteiger partial charge in [-0.15, -0.1) is 0 Å². The second-order valence-corrected chi connectivity index (χ2v) is 5.70. The van der Waals surface area contributed by atoms with Gasteiger partial charge in [0.05, 0.1) is 4.92 Å². The van der Waals surface area contributed by atoms with Crippen LogP contribution in [0.15, 0.2) is 22.6 Å². The summed E-state index contributed by atoms with van der Waals surface area (Å²) >= 11 is 0. The van der Waals surface area contributed by atoms with Gasteiger partial charge < -0.3 is 9.73 Å². The Kier molecular flexibility index (Phi) is 2.48. The van der Waals surface area contributed by atoms with Crippen molar-refractivity contribution in [3.63, 3.8) is 0 Å². The first-order chi connectivity index (χ1) is 8.95. The van der Waals surface area contributed by atoms with E-state index in [4.69, 9.17) is 4.42 Å². The van der Waals surface area contributed by atoms with E-state index in [0.29, 0.717) is 28.4 Å². The Balaban J connectivity index is 1.76. The standard InChI is InChI=1S/C13H15N3O3/c1-13(2)6-8(13)7-14-12-15-10-5-9(16(17)18)3-4-11(10)19-12/h3-5,8H,6-7H2,1-2H3,(H,14,15). The molecular weight excluding hydrogens is 246 g/mol. The van der Waals surface area contributed by atoms with Crippen LogP contribution in [-0.2, 0) is 0 Å². The number of nitrogens with one attached hydrogen (secondary N) is 1. The summed E-state index contributed by atoms with van der Waals surface area (Å²) in [5, 5.41) is 13.8. The summed E-state index contributed by atoms with van der Waals surface area (Å²) in [6.07, 6.45) is 1.20. The highest BCUT2D eigenvalue weighted by Gasteiger charge is 2.45. The SMILES string of the molecule is CC1(C)CC1CNc1nc2cc([N+](=O)[O-])ccc2o1. The zero-order valence-electron chi connectivity index (χ0n) is 10.8. The Bertz CT molecular complexity index is 648. The number of hydrogen-bond acceptors (Lipinski definition) is 5. The maximum atomic E-state index is 10.7. The van der Waals surface area contributed by atoms with Crippen LogP contribution in [0.4, 0.5) is 11.7 Å². The molecule has 1 unspecified atom stereocenters. The van der Waals surface area contributed by atoms with E-state index in [9.17, 15) is 10.1 Å². The van der Waals surface area contributed by atoms with Gasteiger partial charge in [0.15, 0.2) is 5.58 Å². The lowest BCUT2D eigenvalue weighted by Gasteiger charge is -2.02. The summed E-state index contributed by atoms with van der Waals surface area (Å²) < 4.78 is 5.50. The van der Waals surface area contributed by atoms with Crippen LogP contribution in [0.25, 0.3) is 11.1 Å². The predicted octanol–water partition coefficient (Wildman–Crippen LogP) is 3.19. The third-order valence-corrected chi connectivity index (χ3v) is 3.80. The van der Waals surface area contributed by atoms with Gasteiger partial charge in [-0.3, -0.25) is 10.1 Å². The van der Waals surface area contributed by atoms with Gasteiger partial charge in [-0.2, -0.15) is 4.98 Å². The van der Waals surface area contributed by atoms with Gasteiger partial charge in [0, 0.05) is 18.7 Å². The average molecular weight is 261 g/mol. The largest absolute Gasteiger partial charge is 0.424 e. The number of aromatic nitrogens is 1. The van der Waals surface area contributed by atoms with Crippen molar-refractivity contribution in [2.24, 2.45) is 11.3 Å². The molecule has 1 aromatic carbocycles. The Labute approximate surface area is 110 Å². The number of non-ortho nitro benzene ring substituents is 1. The van der Waals surface area contributed by atoms with Crippen LogP contribution in [0.5, 0.6) is 0 Å². The Morgan fingerprint density at radius 2 is 2.32 bits per heavy atom. The van der Waals surface area contributed by atoms with Gasteiger partial charge in [0.25, 0.3) is 11.7 Å². The number of nitro benzene ring substituents is 1. The fraction of sp³-hybridized carbons (Fsp3) is 0.462. The third-order valence-electron chi connectivity index (χ3n) is 3.80. The van der Waals surface area contributed by atoms with Gasteiger partial charge in [0.1, 0.15) is 5.52 Å². The summed E-state index contributed by atoms with van der Waals surface area (Å²) in [4.78, 5) is 14.5. The minimum Gasteiger partial charge on any atom is -0.424 e. The number of hydrogen-bond donors (Lipinski definition) is 1. The Morgan fingerprint density at radius 1 is 1.58 bits per heavy atom. The second kappa shape index (κ2) is 3.94. The first kappa shape index (κ1) is 12.0. The van der Waals surface area contributed by atoms with E-state index in [1.165, 1.54) is 18.6 Å². The average Bonchev–Trinajstić information content (AvgIpc) is 2.80. The maximum Gasteiger partial charge on any atom is 0.295 e. The van der Waals surface area contributed by atoms with E-state index in [1.54, 1.807) is 6.07 Å². The molecule has 19 heavy (non-hydrogen) atoms. The van der Waals surface area contributed by atoms with E-state index in [0.717, 1.165) is 6.54 Å². The number of nitro groups is 1. The van der Waals surface area contributed by atoms with Gasteiger partial charge >= 0.3 is 0 Å². The van der Waals surface area contributed by atoms with E-state index in [2.05, 4.69) is 24.1 Å². The Morgan fingerprint density at radius 3 is 2.95 bits per heavy atom. The lowest BCUT2D eigenvalue weighted by molar-refractivity contribution is -0.384. The van der Waals surface area contributed by atoms with Gasteiger partial charge in [0.2, 0.25) is 0 Å². The highest BCUT2D eigenvalue weighted by molar-refractivity contribution is 5.77. The van der Waals surface area contributed by atoms with E-state index < -0.39 is 4.92 Å². The fourth-order valence-corrected chi connectivity index (χ4v) is 2.24. The summed E-state index contributed by atoms with van der Waals surface area (Å²) in [5.41, 5.74) is 1.49. The first-order valence-corrected chi connectivity index (χ1v) is 6.24. The van der Waals surface area contributed by atoms with E-state index in [1.807, 2.05) is 0 Å². The highest BCUT2D eigenvalue weighted by atomic mass is 16.6. The van der Waals surface area contributed by atoms with Crippen LogP contribution in [-0.4, -0.2) is 16.5 Å². The normalized spacial score (nSPS) is 20.4. The molecule has 0 aliphatic heterocycles. The van der Waals surface area contributed by atoms with Crippen molar-refractivity contribution in [3.05, 3.63) is 28.3 Å². The molecule has 1 saturated carbocycles. The molecule has 1 fully saturated rings. The smallest absolute Gasteiger partial charge is 0.295 e. The number of anilines is 1.